The number of hydrogen-bond donors (Lipinski definition) is 2. The molecule has 2 unspecified atom stereocenters. The van der Waals surface area contributed by atoms with Gasteiger partial charge in [-0.2, -0.15) is 0 Å². The Kier molecular flexibility index (Phi) is 4.21. The molecule has 0 bridgehead atoms. The van der Waals surface area contributed by atoms with Gasteiger partial charge in [0.25, 0.3) is 0 Å². The summed E-state index contributed by atoms with van der Waals surface area (Å²) in [5.74, 6) is 0.349. The highest BCUT2D eigenvalue weighted by Crippen LogP contribution is 2.23. The van der Waals surface area contributed by atoms with Crippen LogP contribution in [0.4, 0.5) is 0 Å². The highest BCUT2D eigenvalue weighted by molar-refractivity contribution is 4.79. The van der Waals surface area contributed by atoms with Gasteiger partial charge in [-0.05, 0) is 17.8 Å². The van der Waals surface area contributed by atoms with Gasteiger partial charge in [-0.25, -0.2) is 0 Å². The van der Waals surface area contributed by atoms with E-state index in [1.54, 1.807) is 0 Å². The largest absolute Gasteiger partial charge is 0.391 e. The summed E-state index contributed by atoms with van der Waals surface area (Å²) in [6, 6.07) is -0.0933. The summed E-state index contributed by atoms with van der Waals surface area (Å²) in [7, 11) is 0. The first-order valence-electron chi connectivity index (χ1n) is 4.67. The third kappa shape index (κ3) is 4.73. The SMILES string of the molecule is CC(C)C(N)C(O)CC(C)(C)C. The van der Waals surface area contributed by atoms with Crippen molar-refractivity contribution in [3.63, 3.8) is 0 Å². The predicted molar refractivity (Wildman–Crippen MR) is 52.9 cm³/mol. The van der Waals surface area contributed by atoms with E-state index in [-0.39, 0.29) is 17.6 Å². The molecule has 0 rings (SSSR count). The van der Waals surface area contributed by atoms with Crippen molar-refractivity contribution in [2.24, 2.45) is 17.1 Å². The van der Waals surface area contributed by atoms with Crippen molar-refractivity contribution in [2.45, 2.75) is 53.2 Å². The van der Waals surface area contributed by atoms with E-state index in [4.69, 9.17) is 5.73 Å². The van der Waals surface area contributed by atoms with Gasteiger partial charge in [-0.3, -0.25) is 0 Å². The Hall–Kier alpha value is -0.0800. The monoisotopic (exact) mass is 173 g/mol. The van der Waals surface area contributed by atoms with E-state index < -0.39 is 0 Å². The van der Waals surface area contributed by atoms with Crippen LogP contribution < -0.4 is 5.73 Å². The summed E-state index contributed by atoms with van der Waals surface area (Å²) in [5, 5.41) is 9.70. The Balaban J connectivity index is 3.95. The molecule has 2 nitrogen and oxygen atoms in total. The molecule has 3 N–H and O–H groups in total. The molecular formula is C10H23NO. The minimum atomic E-state index is -0.370. The number of nitrogens with two attached hydrogens (primary N) is 1. The van der Waals surface area contributed by atoms with Crippen LogP contribution in [-0.2, 0) is 0 Å². The van der Waals surface area contributed by atoms with E-state index in [9.17, 15) is 5.11 Å². The Bertz CT molecular complexity index is 126. The highest BCUT2D eigenvalue weighted by Gasteiger charge is 2.23. The Morgan fingerprint density at radius 1 is 1.25 bits per heavy atom. The second-order valence-corrected chi connectivity index (χ2v) is 5.15. The molecule has 12 heavy (non-hydrogen) atoms. The van der Waals surface area contributed by atoms with Crippen molar-refractivity contribution < 1.29 is 5.11 Å². The molecule has 0 radical (unpaired) electrons. The van der Waals surface area contributed by atoms with Crippen LogP contribution in [0, 0.1) is 11.3 Å². The van der Waals surface area contributed by atoms with Crippen LogP contribution in [0.2, 0.25) is 0 Å². The number of hydrogen-bond acceptors (Lipinski definition) is 2. The van der Waals surface area contributed by atoms with E-state index in [2.05, 4.69) is 20.8 Å². The summed E-state index contributed by atoms with van der Waals surface area (Å²) in [6.45, 7) is 10.4. The minimum absolute atomic E-state index is 0.0933. The summed E-state index contributed by atoms with van der Waals surface area (Å²) in [4.78, 5) is 0. The first-order valence-corrected chi connectivity index (χ1v) is 4.67. The molecule has 0 heterocycles. The molecule has 0 aliphatic heterocycles. The van der Waals surface area contributed by atoms with Gasteiger partial charge in [0.05, 0.1) is 6.10 Å². The fourth-order valence-corrected chi connectivity index (χ4v) is 1.21. The van der Waals surface area contributed by atoms with Crippen LogP contribution >= 0.6 is 0 Å². The van der Waals surface area contributed by atoms with E-state index in [0.29, 0.717) is 5.92 Å². The number of aliphatic hydroxyl groups is 1. The zero-order valence-electron chi connectivity index (χ0n) is 8.96. The zero-order valence-corrected chi connectivity index (χ0v) is 8.96. The molecule has 74 valence electrons. The number of aliphatic hydroxyl groups excluding tert-OH is 1. The smallest absolute Gasteiger partial charge is 0.0698 e. The molecule has 0 aliphatic carbocycles. The lowest BCUT2D eigenvalue weighted by atomic mass is 9.84. The summed E-state index contributed by atoms with van der Waals surface area (Å²) in [5.41, 5.74) is 5.98. The van der Waals surface area contributed by atoms with Crippen molar-refractivity contribution in [1.29, 1.82) is 0 Å². The zero-order chi connectivity index (χ0) is 9.94. The molecule has 2 heteroatoms. The maximum atomic E-state index is 9.70. The first kappa shape index (κ1) is 11.9. The normalized spacial score (nSPS) is 18.0. The Morgan fingerprint density at radius 3 is 1.92 bits per heavy atom. The van der Waals surface area contributed by atoms with Crippen molar-refractivity contribution in [3.05, 3.63) is 0 Å². The second kappa shape index (κ2) is 4.24. The highest BCUT2D eigenvalue weighted by atomic mass is 16.3. The van der Waals surface area contributed by atoms with Gasteiger partial charge in [0, 0.05) is 6.04 Å². The maximum absolute atomic E-state index is 9.70. The van der Waals surface area contributed by atoms with Crippen molar-refractivity contribution >= 4 is 0 Å². The van der Waals surface area contributed by atoms with Gasteiger partial charge in [-0.15, -0.1) is 0 Å². The molecule has 0 saturated heterocycles. The van der Waals surface area contributed by atoms with Gasteiger partial charge in [0.1, 0.15) is 0 Å². The topological polar surface area (TPSA) is 46.2 Å². The van der Waals surface area contributed by atoms with Crippen LogP contribution in [-0.4, -0.2) is 17.3 Å². The molecule has 0 saturated carbocycles. The van der Waals surface area contributed by atoms with Crippen molar-refractivity contribution in [2.75, 3.05) is 0 Å². The standard InChI is InChI=1S/C10H23NO/c1-7(2)9(11)8(12)6-10(3,4)5/h7-9,12H,6,11H2,1-5H3. The van der Waals surface area contributed by atoms with Gasteiger partial charge in [-0.1, -0.05) is 34.6 Å². The predicted octanol–water partition coefficient (Wildman–Crippen LogP) is 1.77. The van der Waals surface area contributed by atoms with Crippen LogP contribution in [0.15, 0.2) is 0 Å². The fourth-order valence-electron chi connectivity index (χ4n) is 1.21. The molecular weight excluding hydrogens is 150 g/mol. The van der Waals surface area contributed by atoms with Gasteiger partial charge >= 0.3 is 0 Å². The van der Waals surface area contributed by atoms with Crippen LogP contribution in [0.5, 0.6) is 0 Å². The molecule has 0 amide bonds. The summed E-state index contributed by atoms with van der Waals surface area (Å²) < 4.78 is 0. The fraction of sp³-hybridized carbons (Fsp3) is 1.00. The maximum Gasteiger partial charge on any atom is 0.0698 e. The summed E-state index contributed by atoms with van der Waals surface area (Å²) in [6.07, 6.45) is 0.400. The summed E-state index contributed by atoms with van der Waals surface area (Å²) >= 11 is 0. The molecule has 0 aromatic carbocycles. The quantitative estimate of drug-likeness (QED) is 0.683. The van der Waals surface area contributed by atoms with Crippen molar-refractivity contribution in [3.8, 4) is 0 Å². The van der Waals surface area contributed by atoms with E-state index in [1.165, 1.54) is 0 Å². The molecule has 2 atom stereocenters. The van der Waals surface area contributed by atoms with E-state index in [1.807, 2.05) is 13.8 Å². The molecule has 0 aromatic heterocycles. The molecule has 0 aliphatic rings. The van der Waals surface area contributed by atoms with Gasteiger partial charge < -0.3 is 10.8 Å². The van der Waals surface area contributed by atoms with Crippen molar-refractivity contribution in [1.82, 2.24) is 0 Å². The lowest BCUT2D eigenvalue weighted by Crippen LogP contribution is -2.41. The number of rotatable bonds is 3. The molecule has 0 fully saturated rings. The van der Waals surface area contributed by atoms with E-state index in [0.717, 1.165) is 6.42 Å². The molecule has 0 aromatic rings. The van der Waals surface area contributed by atoms with E-state index >= 15 is 0 Å². The third-order valence-corrected chi connectivity index (χ3v) is 2.04. The Morgan fingerprint density at radius 2 is 1.67 bits per heavy atom. The second-order valence-electron chi connectivity index (χ2n) is 5.15. The van der Waals surface area contributed by atoms with Crippen LogP contribution in [0.1, 0.15) is 41.0 Å². The first-order chi connectivity index (χ1) is 5.24. The van der Waals surface area contributed by atoms with Crippen LogP contribution in [0.25, 0.3) is 0 Å². The average Bonchev–Trinajstić information content (AvgIpc) is 1.82. The Labute approximate surface area is 76.2 Å². The third-order valence-electron chi connectivity index (χ3n) is 2.04. The lowest BCUT2D eigenvalue weighted by Gasteiger charge is -2.28. The van der Waals surface area contributed by atoms with Gasteiger partial charge in [0.15, 0.2) is 0 Å². The minimum Gasteiger partial charge on any atom is -0.391 e. The molecule has 0 spiro atoms. The average molecular weight is 173 g/mol. The van der Waals surface area contributed by atoms with Gasteiger partial charge in [0.2, 0.25) is 0 Å². The lowest BCUT2D eigenvalue weighted by molar-refractivity contribution is 0.0815. The van der Waals surface area contributed by atoms with Crippen LogP contribution in [0.3, 0.4) is 0 Å².